The van der Waals surface area contributed by atoms with Crippen molar-refractivity contribution in [2.45, 2.75) is 32.8 Å². The molecule has 0 bridgehead atoms. The standard InChI is InChI=1S/C23H28N2O4/c1-23(2,3)29-22(27)25(11-12-28-4)15-21(26)24-18-9-10-20-17(14-18)13-16-7-5-6-8-19(16)20/h5-10,14H,11-13,15H2,1-4H3,(H,24,26). The van der Waals surface area contributed by atoms with E-state index in [1.165, 1.54) is 27.2 Å². The molecule has 2 aromatic rings. The second-order valence-electron chi connectivity index (χ2n) is 8.15. The number of amides is 2. The average molecular weight is 396 g/mol. The molecule has 2 aromatic carbocycles. The highest BCUT2D eigenvalue weighted by atomic mass is 16.6. The minimum absolute atomic E-state index is 0.102. The van der Waals surface area contributed by atoms with Crippen LogP contribution in [0.2, 0.25) is 0 Å². The summed E-state index contributed by atoms with van der Waals surface area (Å²) >= 11 is 0. The van der Waals surface area contributed by atoms with E-state index in [0.717, 1.165) is 12.1 Å². The van der Waals surface area contributed by atoms with Crippen molar-refractivity contribution in [1.82, 2.24) is 4.90 Å². The van der Waals surface area contributed by atoms with Crippen molar-refractivity contribution in [2.75, 3.05) is 32.1 Å². The Morgan fingerprint density at radius 1 is 1.07 bits per heavy atom. The first kappa shape index (κ1) is 20.9. The lowest BCUT2D eigenvalue weighted by Gasteiger charge is -2.26. The van der Waals surface area contributed by atoms with E-state index in [0.29, 0.717) is 6.61 Å². The average Bonchev–Trinajstić information content (AvgIpc) is 3.01. The Morgan fingerprint density at radius 2 is 1.79 bits per heavy atom. The number of hydrogen-bond acceptors (Lipinski definition) is 4. The van der Waals surface area contributed by atoms with Gasteiger partial charge in [-0.25, -0.2) is 4.79 Å². The van der Waals surface area contributed by atoms with Crippen molar-refractivity contribution >= 4 is 17.7 Å². The van der Waals surface area contributed by atoms with Crippen LogP contribution in [0.4, 0.5) is 10.5 Å². The smallest absolute Gasteiger partial charge is 0.410 e. The monoisotopic (exact) mass is 396 g/mol. The van der Waals surface area contributed by atoms with Crippen molar-refractivity contribution in [3.05, 3.63) is 53.6 Å². The Hall–Kier alpha value is -2.86. The molecule has 29 heavy (non-hydrogen) atoms. The van der Waals surface area contributed by atoms with Crippen molar-refractivity contribution in [3.8, 4) is 11.1 Å². The maximum Gasteiger partial charge on any atom is 0.410 e. The molecule has 0 unspecified atom stereocenters. The highest BCUT2D eigenvalue weighted by molar-refractivity contribution is 5.94. The number of carbonyl (C=O) groups excluding carboxylic acids is 2. The first-order valence-electron chi connectivity index (χ1n) is 9.75. The number of nitrogens with one attached hydrogen (secondary N) is 1. The number of ether oxygens (including phenoxy) is 2. The van der Waals surface area contributed by atoms with Gasteiger partial charge < -0.3 is 14.8 Å². The normalized spacial score (nSPS) is 12.1. The van der Waals surface area contributed by atoms with Crippen LogP contribution in [0.5, 0.6) is 0 Å². The molecule has 6 nitrogen and oxygen atoms in total. The molecule has 0 saturated carbocycles. The molecule has 0 heterocycles. The molecule has 1 aliphatic carbocycles. The molecule has 0 saturated heterocycles. The molecule has 0 radical (unpaired) electrons. The zero-order valence-corrected chi connectivity index (χ0v) is 17.5. The zero-order valence-electron chi connectivity index (χ0n) is 17.5. The molecule has 2 amide bonds. The Labute approximate surface area is 171 Å². The number of fused-ring (bicyclic) bond motifs is 3. The summed E-state index contributed by atoms with van der Waals surface area (Å²) < 4.78 is 10.4. The molecule has 0 atom stereocenters. The molecule has 0 aliphatic heterocycles. The van der Waals surface area contributed by atoms with Crippen LogP contribution in [-0.4, -0.2) is 49.3 Å². The third-order valence-corrected chi connectivity index (χ3v) is 4.63. The van der Waals surface area contributed by atoms with Crippen molar-refractivity contribution < 1.29 is 19.1 Å². The van der Waals surface area contributed by atoms with Crippen LogP contribution in [0.3, 0.4) is 0 Å². The number of methoxy groups -OCH3 is 1. The van der Waals surface area contributed by atoms with Gasteiger partial charge in [0, 0.05) is 19.3 Å². The number of benzene rings is 2. The molecule has 1 aliphatic rings. The molecule has 6 heteroatoms. The van der Waals surface area contributed by atoms with Gasteiger partial charge in [-0.1, -0.05) is 30.3 Å². The van der Waals surface area contributed by atoms with Gasteiger partial charge in [0.25, 0.3) is 0 Å². The van der Waals surface area contributed by atoms with Crippen LogP contribution in [0.1, 0.15) is 31.9 Å². The molecule has 1 N–H and O–H groups in total. The predicted octanol–water partition coefficient (Wildman–Crippen LogP) is 4.08. The number of nitrogens with zero attached hydrogens (tertiary/aromatic N) is 1. The van der Waals surface area contributed by atoms with E-state index in [4.69, 9.17) is 9.47 Å². The molecule has 3 rings (SSSR count). The van der Waals surface area contributed by atoms with E-state index in [1.807, 2.05) is 30.3 Å². The van der Waals surface area contributed by atoms with E-state index >= 15 is 0 Å². The Balaban J connectivity index is 1.66. The maximum absolute atomic E-state index is 12.6. The Bertz CT molecular complexity index is 902. The lowest BCUT2D eigenvalue weighted by molar-refractivity contribution is -0.117. The summed E-state index contributed by atoms with van der Waals surface area (Å²) in [7, 11) is 1.55. The maximum atomic E-state index is 12.6. The Morgan fingerprint density at radius 3 is 2.52 bits per heavy atom. The topological polar surface area (TPSA) is 67.9 Å². The fourth-order valence-corrected chi connectivity index (χ4v) is 3.36. The first-order chi connectivity index (χ1) is 13.8. The second-order valence-corrected chi connectivity index (χ2v) is 8.15. The summed E-state index contributed by atoms with van der Waals surface area (Å²) in [6, 6.07) is 14.3. The highest BCUT2D eigenvalue weighted by Crippen LogP contribution is 2.37. The predicted molar refractivity (Wildman–Crippen MR) is 113 cm³/mol. The van der Waals surface area contributed by atoms with Crippen LogP contribution < -0.4 is 5.32 Å². The number of hydrogen-bond donors (Lipinski definition) is 1. The van der Waals surface area contributed by atoms with Crippen LogP contribution in [0, 0.1) is 0 Å². The van der Waals surface area contributed by atoms with Gasteiger partial charge in [0.1, 0.15) is 12.1 Å². The quantitative estimate of drug-likeness (QED) is 0.682. The van der Waals surface area contributed by atoms with Crippen molar-refractivity contribution in [2.24, 2.45) is 0 Å². The molecule has 0 aromatic heterocycles. The SMILES string of the molecule is COCCN(CC(=O)Nc1ccc2c(c1)Cc1ccccc1-2)C(=O)OC(C)(C)C. The lowest BCUT2D eigenvalue weighted by Crippen LogP contribution is -2.42. The molecular weight excluding hydrogens is 368 g/mol. The lowest BCUT2D eigenvalue weighted by atomic mass is 10.1. The summed E-state index contributed by atoms with van der Waals surface area (Å²) in [6.07, 6.45) is 0.321. The summed E-state index contributed by atoms with van der Waals surface area (Å²) in [5.41, 5.74) is 5.02. The van der Waals surface area contributed by atoms with E-state index in [-0.39, 0.29) is 19.0 Å². The first-order valence-corrected chi connectivity index (χ1v) is 9.75. The van der Waals surface area contributed by atoms with Gasteiger partial charge in [0.15, 0.2) is 0 Å². The van der Waals surface area contributed by atoms with E-state index in [2.05, 4.69) is 17.4 Å². The minimum atomic E-state index is -0.631. The van der Waals surface area contributed by atoms with Gasteiger partial charge in [0.05, 0.1) is 6.61 Å². The van der Waals surface area contributed by atoms with E-state index < -0.39 is 11.7 Å². The summed E-state index contributed by atoms with van der Waals surface area (Å²) in [5, 5.41) is 2.89. The van der Waals surface area contributed by atoms with Crippen molar-refractivity contribution in [1.29, 1.82) is 0 Å². The van der Waals surface area contributed by atoms with Gasteiger partial charge in [-0.2, -0.15) is 0 Å². The van der Waals surface area contributed by atoms with Crippen LogP contribution in [0.25, 0.3) is 11.1 Å². The number of carbonyl (C=O) groups is 2. The van der Waals surface area contributed by atoms with E-state index in [9.17, 15) is 9.59 Å². The summed E-state index contributed by atoms with van der Waals surface area (Å²) in [6.45, 7) is 5.88. The fourth-order valence-electron chi connectivity index (χ4n) is 3.36. The third kappa shape index (κ3) is 5.35. The molecular formula is C23H28N2O4. The summed E-state index contributed by atoms with van der Waals surface area (Å²) in [5.74, 6) is -0.276. The van der Waals surface area contributed by atoms with E-state index in [1.54, 1.807) is 27.9 Å². The van der Waals surface area contributed by atoms with Crippen LogP contribution >= 0.6 is 0 Å². The van der Waals surface area contributed by atoms with Gasteiger partial charge in [-0.15, -0.1) is 0 Å². The zero-order chi connectivity index (χ0) is 21.0. The number of anilines is 1. The largest absolute Gasteiger partial charge is 0.444 e. The van der Waals surface area contributed by atoms with Gasteiger partial charge >= 0.3 is 6.09 Å². The molecule has 0 fully saturated rings. The highest BCUT2D eigenvalue weighted by Gasteiger charge is 2.24. The third-order valence-electron chi connectivity index (χ3n) is 4.63. The second kappa shape index (κ2) is 8.66. The van der Waals surface area contributed by atoms with Gasteiger partial charge in [-0.3, -0.25) is 9.69 Å². The summed E-state index contributed by atoms with van der Waals surface area (Å²) in [4.78, 5) is 26.3. The molecule has 154 valence electrons. The minimum Gasteiger partial charge on any atom is -0.444 e. The van der Waals surface area contributed by atoms with Crippen molar-refractivity contribution in [3.63, 3.8) is 0 Å². The number of rotatable bonds is 6. The van der Waals surface area contributed by atoms with Crippen LogP contribution in [-0.2, 0) is 20.7 Å². The van der Waals surface area contributed by atoms with Gasteiger partial charge in [0.2, 0.25) is 5.91 Å². The van der Waals surface area contributed by atoms with Gasteiger partial charge in [-0.05, 0) is 61.6 Å². The fraction of sp³-hybridized carbons (Fsp3) is 0.391. The van der Waals surface area contributed by atoms with Crippen LogP contribution in [0.15, 0.2) is 42.5 Å². The molecule has 0 spiro atoms. The Kier molecular flexibility index (Phi) is 6.23.